The van der Waals surface area contributed by atoms with Gasteiger partial charge in [0.2, 0.25) is 0 Å². The monoisotopic (exact) mass is 140 g/mol. The van der Waals surface area contributed by atoms with E-state index in [1.165, 1.54) is 5.43 Å². The van der Waals surface area contributed by atoms with Gasteiger partial charge in [0, 0.05) is 0 Å². The first-order valence-corrected chi connectivity index (χ1v) is 4.77. The number of thiol groups is 1. The number of hydrogen-bond acceptors (Lipinski definition) is 3. The fourth-order valence-corrected chi connectivity index (χ4v) is 0. The molecule has 0 amide bonds. The van der Waals surface area contributed by atoms with Crippen LogP contribution in [0, 0.1) is 0 Å². The van der Waals surface area contributed by atoms with Crippen LogP contribution in [0.15, 0.2) is 0 Å². The molecular weight excluding hydrogens is 139 g/mol. The van der Waals surface area contributed by atoms with Gasteiger partial charge in [-0.3, -0.25) is 0 Å². The van der Waals surface area contributed by atoms with Crippen molar-refractivity contribution in [1.29, 1.82) is 0 Å². The van der Waals surface area contributed by atoms with Crippen LogP contribution in [0.25, 0.3) is 0 Å². The van der Waals surface area contributed by atoms with E-state index < -0.39 is 7.86 Å². The Morgan fingerprint density at radius 2 is 1.60 bits per heavy atom. The Bertz CT molecular complexity index is 79.8. The van der Waals surface area contributed by atoms with Crippen LogP contribution < -0.4 is 0 Å². The molecule has 0 unspecified atom stereocenters. The standard InChI is InChI=1S/BHS4/c2-1-5(3)4/h5H. The molecule has 0 N–H and O–H groups in total. The predicted molar refractivity (Wildman–Crippen MR) is 36.8 cm³/mol. The van der Waals surface area contributed by atoms with Crippen molar-refractivity contribution in [1.82, 2.24) is 0 Å². The van der Waals surface area contributed by atoms with Crippen molar-refractivity contribution in [2.75, 3.05) is 0 Å². The van der Waals surface area contributed by atoms with Crippen molar-refractivity contribution in [3.63, 3.8) is 0 Å². The van der Waals surface area contributed by atoms with E-state index in [4.69, 9.17) is 0 Å². The average Bonchev–Trinajstić information content (AvgIpc) is 1.38. The van der Waals surface area contributed by atoms with E-state index in [2.05, 4.69) is 34.4 Å². The third-order valence-corrected chi connectivity index (χ3v) is 2.32. The molecule has 0 rings (SSSR count). The second-order valence-electron chi connectivity index (χ2n) is 0.391. The summed E-state index contributed by atoms with van der Waals surface area (Å²) in [5.74, 6) is 0. The van der Waals surface area contributed by atoms with E-state index in [1.54, 1.807) is 0 Å². The molecule has 0 saturated heterocycles. The normalized spacial score (nSPS) is 7.40. The summed E-state index contributed by atoms with van der Waals surface area (Å²) in [5, 5.41) is 0. The maximum atomic E-state index is 4.50. The second kappa shape index (κ2) is 3.27. The molecule has 0 spiro atoms. The molecule has 0 aromatic heterocycles. The van der Waals surface area contributed by atoms with Crippen molar-refractivity contribution < 1.29 is 0 Å². The Kier molecular flexibility index (Phi) is 3.98. The summed E-state index contributed by atoms with van der Waals surface area (Å²) in [6, 6.07) is 0. The third kappa shape index (κ3) is 5.07. The van der Waals surface area contributed by atoms with Gasteiger partial charge < -0.3 is 0 Å². The number of rotatable bonds is 1. The van der Waals surface area contributed by atoms with E-state index in [9.17, 15) is 0 Å². The second-order valence-corrected chi connectivity index (χ2v) is 4.86. The molecule has 0 aliphatic heterocycles. The third-order valence-electron chi connectivity index (χ3n) is 0.0861. The minimum atomic E-state index is -0.742. The minimum absolute atomic E-state index is 0.742. The molecule has 5 heavy (non-hydrogen) atoms. The first kappa shape index (κ1) is 6.07. The van der Waals surface area contributed by atoms with Gasteiger partial charge in [-0.2, -0.15) is 0 Å². The van der Waals surface area contributed by atoms with Gasteiger partial charge in [0.1, 0.15) is 0 Å². The zero-order chi connectivity index (χ0) is 4.28. The van der Waals surface area contributed by atoms with Crippen molar-refractivity contribution in [3.8, 4) is 0 Å². The molecule has 0 radical (unpaired) electrons. The van der Waals surface area contributed by atoms with Gasteiger partial charge in [0.15, 0.2) is 0 Å². The molecule has 0 atom stereocenters. The van der Waals surface area contributed by atoms with Crippen LogP contribution in [-0.2, 0) is 30.2 Å². The fourth-order valence-electron chi connectivity index (χ4n) is 0. The molecule has 0 nitrogen and oxygen atoms in total. The van der Waals surface area contributed by atoms with Crippen molar-refractivity contribution in [2.45, 2.75) is 0 Å². The molecule has 0 heterocycles. The molecule has 0 saturated carbocycles. The summed E-state index contributed by atoms with van der Waals surface area (Å²) < 4.78 is 0. The first-order valence-electron chi connectivity index (χ1n) is 0.859. The van der Waals surface area contributed by atoms with Crippen LogP contribution in [0.2, 0.25) is 0 Å². The SMILES string of the molecule is S=B[SH](=S)=S. The van der Waals surface area contributed by atoms with Gasteiger partial charge in [-0.05, 0) is 0 Å². The molecule has 28 valence electrons. The van der Waals surface area contributed by atoms with Crippen molar-refractivity contribution in [3.05, 3.63) is 0 Å². The topological polar surface area (TPSA) is 0 Å². The van der Waals surface area contributed by atoms with E-state index in [-0.39, 0.29) is 0 Å². The summed E-state index contributed by atoms with van der Waals surface area (Å²) in [6.07, 6.45) is 0. The number of hydrogen-bond donors (Lipinski definition) is 1. The molecule has 0 aromatic carbocycles. The quantitative estimate of drug-likeness (QED) is 0.402. The Morgan fingerprint density at radius 1 is 1.40 bits per heavy atom. The van der Waals surface area contributed by atoms with E-state index in [1.807, 2.05) is 0 Å². The molecule has 0 fully saturated rings. The van der Waals surface area contributed by atoms with Crippen LogP contribution in [0.3, 0.4) is 0 Å². The van der Waals surface area contributed by atoms with Crippen molar-refractivity contribution >= 4 is 47.7 Å². The van der Waals surface area contributed by atoms with Gasteiger partial charge >= 0.3 is 47.7 Å². The first-order chi connectivity index (χ1) is 2.27. The molecule has 5 heteroatoms. The van der Waals surface area contributed by atoms with E-state index in [0.717, 1.165) is 0 Å². The molecule has 0 aromatic rings. The van der Waals surface area contributed by atoms with E-state index in [0.29, 0.717) is 0 Å². The summed E-state index contributed by atoms with van der Waals surface area (Å²) in [7, 11) is -0.742. The zero-order valence-electron chi connectivity index (χ0n) is 2.25. The van der Waals surface area contributed by atoms with Gasteiger partial charge in [0.25, 0.3) is 0 Å². The Morgan fingerprint density at radius 3 is 1.60 bits per heavy atom. The van der Waals surface area contributed by atoms with E-state index >= 15 is 0 Å². The van der Waals surface area contributed by atoms with Crippen LogP contribution in [0.1, 0.15) is 0 Å². The Balaban J connectivity index is 3.69. The zero-order valence-corrected chi connectivity index (χ0v) is 5.59. The maximum absolute atomic E-state index is 4.50. The summed E-state index contributed by atoms with van der Waals surface area (Å²) in [6.45, 7) is 0. The fraction of sp³-hybridized carbons (Fsp3) is 0. The van der Waals surface area contributed by atoms with Crippen molar-refractivity contribution in [2.24, 2.45) is 0 Å². The summed E-state index contributed by atoms with van der Waals surface area (Å²) >= 11 is 13.4. The van der Waals surface area contributed by atoms with Gasteiger partial charge in [-0.15, -0.1) is 0 Å². The van der Waals surface area contributed by atoms with Crippen LogP contribution in [0.4, 0.5) is 0 Å². The summed E-state index contributed by atoms with van der Waals surface area (Å²) in [4.78, 5) is 0. The Labute approximate surface area is 47.8 Å². The van der Waals surface area contributed by atoms with Gasteiger partial charge in [-0.1, -0.05) is 0 Å². The predicted octanol–water partition coefficient (Wildman–Crippen LogP) is -0.00750. The van der Waals surface area contributed by atoms with Gasteiger partial charge in [-0.25, -0.2) is 0 Å². The molecule has 0 aliphatic rings. The molecule has 0 bridgehead atoms. The van der Waals surface area contributed by atoms with Crippen LogP contribution in [-0.4, -0.2) is 5.43 Å². The Hall–Kier alpha value is 1.07. The molecule has 0 aliphatic carbocycles. The van der Waals surface area contributed by atoms with Gasteiger partial charge in [0.05, 0.1) is 0 Å². The summed E-state index contributed by atoms with van der Waals surface area (Å²) in [5.41, 5.74) is 1.44. The van der Waals surface area contributed by atoms with Crippen LogP contribution in [0.5, 0.6) is 0 Å². The molecular formula is HBS4. The average molecular weight is 140 g/mol. The van der Waals surface area contributed by atoms with Crippen LogP contribution >= 0.6 is 12.1 Å².